The number of aliphatic hydroxyl groups excluding tert-OH is 8. The summed E-state index contributed by atoms with van der Waals surface area (Å²) in [6, 6.07) is -0.938. The number of carbonyl (C=O) groups is 1. The first-order valence-electron chi connectivity index (χ1n) is 32.4. The second-order valence-corrected chi connectivity index (χ2v) is 22.2. The van der Waals surface area contributed by atoms with E-state index in [9.17, 15) is 45.6 Å². The van der Waals surface area contributed by atoms with Crippen LogP contribution in [0.2, 0.25) is 0 Å². The minimum atomic E-state index is -1.80. The van der Waals surface area contributed by atoms with E-state index < -0.39 is 86.8 Å². The molecule has 0 bridgehead atoms. The number of allylic oxidation sites excluding steroid dienone is 21. The molecular weight excluding hydrogens is 1060 g/mol. The molecule has 14 heteroatoms. The van der Waals surface area contributed by atoms with E-state index in [1.165, 1.54) is 70.6 Å². The third kappa shape index (κ3) is 37.6. The maximum Gasteiger partial charge on any atom is 0.220 e. The topological polar surface area (TPSA) is 228 Å². The highest BCUT2D eigenvalue weighted by atomic mass is 16.7. The third-order valence-corrected chi connectivity index (χ3v) is 14.8. The monoisotopic (exact) mass is 1180 g/mol. The predicted octanol–water partition coefficient (Wildman–Crippen LogP) is 12.3. The number of aliphatic hydroxyl groups is 8. The molecule has 0 aromatic heterocycles. The summed E-state index contributed by atoms with van der Waals surface area (Å²) in [7, 11) is 0. The lowest BCUT2D eigenvalue weighted by Gasteiger charge is -2.46. The number of hydrogen-bond donors (Lipinski definition) is 9. The van der Waals surface area contributed by atoms with Gasteiger partial charge in [-0.1, -0.05) is 237 Å². The fourth-order valence-corrected chi connectivity index (χ4v) is 9.67. The second kappa shape index (κ2) is 53.4. The normalized spacial score (nSPS) is 24.6. The van der Waals surface area contributed by atoms with Crippen molar-refractivity contribution in [2.45, 2.75) is 280 Å². The summed E-state index contributed by atoms with van der Waals surface area (Å²) >= 11 is 0. The van der Waals surface area contributed by atoms with Crippen LogP contribution in [-0.2, 0) is 23.7 Å². The maximum absolute atomic E-state index is 13.3. The Labute approximate surface area is 507 Å². The van der Waals surface area contributed by atoms with Crippen molar-refractivity contribution in [1.29, 1.82) is 0 Å². The first-order chi connectivity index (χ1) is 41.1. The van der Waals surface area contributed by atoms with Gasteiger partial charge in [-0.25, -0.2) is 0 Å². The van der Waals surface area contributed by atoms with Crippen LogP contribution in [0.1, 0.15) is 206 Å². The molecule has 0 saturated carbocycles. The third-order valence-electron chi connectivity index (χ3n) is 14.8. The maximum atomic E-state index is 13.3. The zero-order valence-electron chi connectivity index (χ0n) is 51.6. The van der Waals surface area contributed by atoms with Gasteiger partial charge in [-0.3, -0.25) is 4.79 Å². The van der Waals surface area contributed by atoms with Crippen LogP contribution < -0.4 is 5.32 Å². The van der Waals surface area contributed by atoms with Gasteiger partial charge in [-0.05, 0) is 96.3 Å². The number of rotatable bonds is 50. The summed E-state index contributed by atoms with van der Waals surface area (Å²) < 4.78 is 22.8. The van der Waals surface area contributed by atoms with Crippen molar-refractivity contribution in [1.82, 2.24) is 5.32 Å². The van der Waals surface area contributed by atoms with Gasteiger partial charge in [-0.2, -0.15) is 0 Å². The fourth-order valence-electron chi connectivity index (χ4n) is 9.67. The van der Waals surface area contributed by atoms with Gasteiger partial charge >= 0.3 is 0 Å². The quantitative estimate of drug-likeness (QED) is 0.0204. The molecule has 0 aromatic carbocycles. The van der Waals surface area contributed by atoms with Gasteiger partial charge in [0, 0.05) is 6.42 Å². The number of ether oxygens (including phenoxy) is 4. The second-order valence-electron chi connectivity index (χ2n) is 22.2. The van der Waals surface area contributed by atoms with Crippen molar-refractivity contribution >= 4 is 5.91 Å². The van der Waals surface area contributed by atoms with Crippen molar-refractivity contribution in [2.24, 2.45) is 0 Å². The van der Waals surface area contributed by atoms with E-state index in [1.807, 2.05) is 6.08 Å². The zero-order valence-corrected chi connectivity index (χ0v) is 51.6. The first-order valence-corrected chi connectivity index (χ1v) is 32.4. The SMILES string of the molecule is CC/C=C\C/C=C\C/C=C\C/C=C\C/C=C\C/C=C\C/C=C\C/C=C\C/C=C\C/C=C\CCCCCCC(=O)NC(COC1OC(CO)C(OC2OC(CO)C(O)C(O)C2O)C(O)C1O)C(O)/C=C/CCCCCCCCCCCCCCC. The van der Waals surface area contributed by atoms with E-state index in [2.05, 4.69) is 141 Å². The standard InChI is InChI=1S/C70H115NO13/c1-3-5-7-9-11-13-15-17-19-20-21-22-23-24-25-26-27-28-29-30-31-32-33-34-35-36-37-38-40-42-44-46-48-50-52-54-62(75)71-58(59(74)53-51-49-47-45-43-41-39-18-16-14-12-10-8-6-4-2)57-81-69-67(80)65(78)68(61(56-73)83-69)84-70-66(79)64(77)63(76)60(55-72)82-70/h5,7,11,13,17,19,21-22,24-25,27-28,30-31,33-34,36-37,40,42,51,53,58-61,63-70,72-74,76-80H,3-4,6,8-10,12,14-16,18,20,23,26,29,32,35,38-39,41,43-50,52,54-57H2,1-2H3,(H,71,75)/b7-5-,13-11-,19-17-,22-21-,25-24-,28-27-,31-30-,34-33-,37-36-,42-40-,53-51+. The van der Waals surface area contributed by atoms with Crippen LogP contribution in [0.15, 0.2) is 134 Å². The van der Waals surface area contributed by atoms with Crippen molar-refractivity contribution in [2.75, 3.05) is 19.8 Å². The molecule has 0 aromatic rings. The van der Waals surface area contributed by atoms with Gasteiger partial charge in [-0.15, -0.1) is 0 Å². The van der Waals surface area contributed by atoms with Gasteiger partial charge in [0.1, 0.15) is 48.8 Å². The van der Waals surface area contributed by atoms with Crippen molar-refractivity contribution in [3.05, 3.63) is 134 Å². The molecule has 0 spiro atoms. The first kappa shape index (κ1) is 76.2. The molecule has 2 rings (SSSR count). The van der Waals surface area contributed by atoms with Crippen molar-refractivity contribution in [3.8, 4) is 0 Å². The van der Waals surface area contributed by atoms with E-state index >= 15 is 0 Å². The number of hydrogen-bond acceptors (Lipinski definition) is 13. The van der Waals surface area contributed by atoms with Gasteiger partial charge in [0.05, 0.1) is 32.0 Å². The van der Waals surface area contributed by atoms with Gasteiger partial charge in [0.2, 0.25) is 5.91 Å². The summed E-state index contributed by atoms with van der Waals surface area (Å²) in [5, 5.41) is 87.2. The molecule has 2 heterocycles. The Morgan fingerprint density at radius 2 is 0.821 bits per heavy atom. The van der Waals surface area contributed by atoms with E-state index in [4.69, 9.17) is 18.9 Å². The Kier molecular flexibility index (Phi) is 48.4. The number of amides is 1. The number of unbranched alkanes of at least 4 members (excludes halogenated alkanes) is 17. The molecular formula is C70H115NO13. The predicted molar refractivity (Wildman–Crippen MR) is 341 cm³/mol. The molecule has 2 fully saturated rings. The lowest BCUT2D eigenvalue weighted by molar-refractivity contribution is -0.359. The summed E-state index contributed by atoms with van der Waals surface area (Å²) in [4.78, 5) is 13.3. The minimum absolute atomic E-state index is 0.242. The fraction of sp³-hybridized carbons (Fsp3) is 0.671. The highest BCUT2D eigenvalue weighted by Crippen LogP contribution is 2.30. The lowest BCUT2D eigenvalue weighted by atomic mass is 9.97. The van der Waals surface area contributed by atoms with Gasteiger partial charge in [0.25, 0.3) is 0 Å². The van der Waals surface area contributed by atoms with Gasteiger partial charge < -0.3 is 65.1 Å². The molecule has 2 aliphatic heterocycles. The summed E-state index contributed by atoms with van der Waals surface area (Å²) in [5.74, 6) is -0.270. The Balaban J connectivity index is 1.70. The summed E-state index contributed by atoms with van der Waals surface area (Å²) in [5.41, 5.74) is 0. The van der Waals surface area contributed by atoms with Crippen LogP contribution in [0.25, 0.3) is 0 Å². The Morgan fingerprint density at radius 3 is 1.26 bits per heavy atom. The van der Waals surface area contributed by atoms with Crippen LogP contribution in [-0.4, -0.2) is 140 Å². The smallest absolute Gasteiger partial charge is 0.220 e. The van der Waals surface area contributed by atoms with E-state index in [0.717, 1.165) is 109 Å². The summed E-state index contributed by atoms with van der Waals surface area (Å²) in [6.45, 7) is 2.65. The molecule has 2 saturated heterocycles. The molecule has 9 N–H and O–H groups in total. The molecule has 0 radical (unpaired) electrons. The molecule has 12 atom stereocenters. The van der Waals surface area contributed by atoms with Crippen molar-refractivity contribution < 1.29 is 64.6 Å². The van der Waals surface area contributed by atoms with Crippen LogP contribution in [0.5, 0.6) is 0 Å². The molecule has 2 aliphatic rings. The van der Waals surface area contributed by atoms with E-state index in [-0.39, 0.29) is 18.9 Å². The van der Waals surface area contributed by atoms with E-state index in [1.54, 1.807) is 6.08 Å². The van der Waals surface area contributed by atoms with Crippen LogP contribution >= 0.6 is 0 Å². The van der Waals surface area contributed by atoms with Crippen molar-refractivity contribution in [3.63, 3.8) is 0 Å². The average molecular weight is 1180 g/mol. The van der Waals surface area contributed by atoms with Crippen LogP contribution in [0.3, 0.4) is 0 Å². The minimum Gasteiger partial charge on any atom is -0.394 e. The highest BCUT2D eigenvalue weighted by Gasteiger charge is 2.51. The number of carbonyl (C=O) groups excluding carboxylic acids is 1. The summed E-state index contributed by atoms with van der Waals surface area (Å²) in [6.07, 6.45) is 62.0. The molecule has 478 valence electrons. The molecule has 84 heavy (non-hydrogen) atoms. The van der Waals surface area contributed by atoms with Crippen LogP contribution in [0, 0.1) is 0 Å². The average Bonchev–Trinajstić information content (AvgIpc) is 3.23. The Bertz CT molecular complexity index is 1920. The lowest BCUT2D eigenvalue weighted by Crippen LogP contribution is -2.65. The number of nitrogens with one attached hydrogen (secondary N) is 1. The molecule has 0 aliphatic carbocycles. The molecule has 1 amide bonds. The molecule has 12 unspecified atom stereocenters. The Morgan fingerprint density at radius 1 is 0.440 bits per heavy atom. The van der Waals surface area contributed by atoms with Gasteiger partial charge in [0.15, 0.2) is 12.6 Å². The highest BCUT2D eigenvalue weighted by molar-refractivity contribution is 5.76. The zero-order chi connectivity index (χ0) is 60.9. The van der Waals surface area contributed by atoms with Crippen LogP contribution in [0.4, 0.5) is 0 Å². The largest absolute Gasteiger partial charge is 0.394 e. The Hall–Kier alpha value is -3.87. The van der Waals surface area contributed by atoms with E-state index in [0.29, 0.717) is 6.42 Å². The molecule has 14 nitrogen and oxygen atoms in total.